The van der Waals surface area contributed by atoms with E-state index in [2.05, 4.69) is 10.6 Å². The molecule has 0 spiro atoms. The van der Waals surface area contributed by atoms with Crippen molar-refractivity contribution < 1.29 is 29.1 Å². The molecule has 0 aliphatic rings. The zero-order chi connectivity index (χ0) is 22.1. The Labute approximate surface area is 172 Å². The second-order valence-electron chi connectivity index (χ2n) is 5.88. The van der Waals surface area contributed by atoms with Crippen LogP contribution in [0.4, 0.5) is 5.69 Å². The van der Waals surface area contributed by atoms with Crippen LogP contribution in [0.15, 0.2) is 48.2 Å². The summed E-state index contributed by atoms with van der Waals surface area (Å²) in [5, 5.41) is 25.3. The number of carbonyl (C=O) groups is 2. The van der Waals surface area contributed by atoms with Crippen molar-refractivity contribution in [2.24, 2.45) is 0 Å². The number of methoxy groups -OCH3 is 2. The standard InChI is InChI=1S/C20H21N3O7/c1-29-17-11-14(16(23(27)28)12-18(17)30-2)10-15(20(26)21-8-9-24)22-19(25)13-6-4-3-5-7-13/h3-7,10-12,24H,8-9H2,1-2H3,(H,21,26)(H,22,25). The van der Waals surface area contributed by atoms with Crippen molar-refractivity contribution in [2.45, 2.75) is 0 Å². The van der Waals surface area contributed by atoms with Crippen LogP contribution < -0.4 is 20.1 Å². The molecule has 0 bridgehead atoms. The second kappa shape index (κ2) is 10.6. The van der Waals surface area contributed by atoms with E-state index in [1.54, 1.807) is 30.3 Å². The van der Waals surface area contributed by atoms with Gasteiger partial charge in [-0.3, -0.25) is 19.7 Å². The number of hydrogen-bond acceptors (Lipinski definition) is 7. The monoisotopic (exact) mass is 415 g/mol. The molecule has 2 aromatic rings. The molecule has 2 amide bonds. The average molecular weight is 415 g/mol. The van der Waals surface area contributed by atoms with Crippen LogP contribution in [-0.2, 0) is 4.79 Å². The van der Waals surface area contributed by atoms with Crippen LogP contribution in [0.5, 0.6) is 11.5 Å². The minimum atomic E-state index is -0.725. The summed E-state index contributed by atoms with van der Waals surface area (Å²) in [6.07, 6.45) is 1.16. The summed E-state index contributed by atoms with van der Waals surface area (Å²) in [5.41, 5.74) is -0.290. The molecule has 10 heteroatoms. The first-order valence-electron chi connectivity index (χ1n) is 8.78. The molecule has 0 unspecified atom stereocenters. The number of nitro groups is 1. The van der Waals surface area contributed by atoms with Gasteiger partial charge >= 0.3 is 0 Å². The second-order valence-corrected chi connectivity index (χ2v) is 5.88. The van der Waals surface area contributed by atoms with Gasteiger partial charge in [0.05, 0.1) is 37.4 Å². The molecule has 30 heavy (non-hydrogen) atoms. The van der Waals surface area contributed by atoms with E-state index < -0.39 is 16.7 Å². The number of hydrogen-bond donors (Lipinski definition) is 3. The highest BCUT2D eigenvalue weighted by atomic mass is 16.6. The van der Waals surface area contributed by atoms with E-state index in [9.17, 15) is 19.7 Å². The van der Waals surface area contributed by atoms with E-state index in [4.69, 9.17) is 14.6 Å². The molecule has 3 N–H and O–H groups in total. The average Bonchev–Trinajstić information content (AvgIpc) is 2.76. The van der Waals surface area contributed by atoms with E-state index in [1.165, 1.54) is 20.3 Å². The fourth-order valence-electron chi connectivity index (χ4n) is 2.52. The summed E-state index contributed by atoms with van der Waals surface area (Å²) in [6.45, 7) is -0.381. The minimum absolute atomic E-state index is 0.0140. The fraction of sp³-hybridized carbons (Fsp3) is 0.200. The third-order valence-electron chi connectivity index (χ3n) is 3.96. The first-order chi connectivity index (χ1) is 14.4. The SMILES string of the molecule is COc1cc(C=C(NC(=O)c2ccccc2)C(=O)NCCO)c([N+](=O)[O-])cc1OC. The Morgan fingerprint density at radius 2 is 1.77 bits per heavy atom. The molecule has 10 nitrogen and oxygen atoms in total. The molecular weight excluding hydrogens is 394 g/mol. The van der Waals surface area contributed by atoms with Crippen LogP contribution in [0.1, 0.15) is 15.9 Å². The fourth-order valence-corrected chi connectivity index (χ4v) is 2.52. The van der Waals surface area contributed by atoms with Gasteiger partial charge in [-0.15, -0.1) is 0 Å². The minimum Gasteiger partial charge on any atom is -0.493 e. The lowest BCUT2D eigenvalue weighted by molar-refractivity contribution is -0.385. The third-order valence-corrected chi connectivity index (χ3v) is 3.96. The highest BCUT2D eigenvalue weighted by Crippen LogP contribution is 2.35. The Morgan fingerprint density at radius 1 is 1.13 bits per heavy atom. The van der Waals surface area contributed by atoms with Crippen LogP contribution >= 0.6 is 0 Å². The van der Waals surface area contributed by atoms with Gasteiger partial charge in [-0.05, 0) is 24.3 Å². The normalized spacial score (nSPS) is 10.8. The predicted molar refractivity (Wildman–Crippen MR) is 108 cm³/mol. The Bertz CT molecular complexity index is 958. The van der Waals surface area contributed by atoms with Crippen LogP contribution in [0.2, 0.25) is 0 Å². The van der Waals surface area contributed by atoms with Crippen LogP contribution in [0.3, 0.4) is 0 Å². The van der Waals surface area contributed by atoms with E-state index >= 15 is 0 Å². The molecular formula is C20H21N3O7. The summed E-state index contributed by atoms with van der Waals surface area (Å²) < 4.78 is 10.3. The van der Waals surface area contributed by atoms with Gasteiger partial charge in [0.1, 0.15) is 5.70 Å². The van der Waals surface area contributed by atoms with Crippen molar-refractivity contribution in [2.75, 3.05) is 27.4 Å². The Hall–Kier alpha value is -3.92. The molecule has 0 fully saturated rings. The Kier molecular flexibility index (Phi) is 7.89. The maximum atomic E-state index is 12.5. The van der Waals surface area contributed by atoms with Gasteiger partial charge < -0.3 is 25.2 Å². The predicted octanol–water partition coefficient (Wildman–Crippen LogP) is 1.49. The number of nitro benzene ring substituents is 1. The Balaban J connectivity index is 2.53. The van der Waals surface area contributed by atoms with Crippen LogP contribution in [0.25, 0.3) is 6.08 Å². The third kappa shape index (κ3) is 5.55. The largest absolute Gasteiger partial charge is 0.493 e. The number of amides is 2. The molecule has 0 saturated carbocycles. The molecule has 0 atom stereocenters. The van der Waals surface area contributed by atoms with Gasteiger partial charge in [0.25, 0.3) is 17.5 Å². The molecule has 2 aromatic carbocycles. The van der Waals surface area contributed by atoms with Crippen molar-refractivity contribution in [1.29, 1.82) is 0 Å². The van der Waals surface area contributed by atoms with Crippen LogP contribution in [0, 0.1) is 10.1 Å². The van der Waals surface area contributed by atoms with Gasteiger partial charge in [0, 0.05) is 12.1 Å². The molecule has 0 heterocycles. The smallest absolute Gasteiger partial charge is 0.280 e. The number of nitrogens with one attached hydrogen (secondary N) is 2. The van der Waals surface area contributed by atoms with E-state index in [0.29, 0.717) is 5.56 Å². The topological polar surface area (TPSA) is 140 Å². The number of nitrogens with zero attached hydrogens (tertiary/aromatic N) is 1. The lowest BCUT2D eigenvalue weighted by Crippen LogP contribution is -2.36. The summed E-state index contributed by atoms with van der Waals surface area (Å²) in [4.78, 5) is 35.9. The van der Waals surface area contributed by atoms with Crippen molar-refractivity contribution in [3.05, 3.63) is 69.4 Å². The zero-order valence-corrected chi connectivity index (χ0v) is 16.4. The number of carbonyl (C=O) groups excluding carboxylic acids is 2. The first kappa shape index (κ1) is 22.4. The number of aliphatic hydroxyl groups is 1. The number of ether oxygens (including phenoxy) is 2. The number of aliphatic hydroxyl groups excluding tert-OH is 1. The molecule has 158 valence electrons. The first-order valence-corrected chi connectivity index (χ1v) is 8.78. The van der Waals surface area contributed by atoms with Gasteiger partial charge in [0.2, 0.25) is 0 Å². The molecule has 0 aromatic heterocycles. The summed E-state index contributed by atoms with van der Waals surface area (Å²) in [7, 11) is 2.70. The van der Waals surface area contributed by atoms with Gasteiger partial charge in [0.15, 0.2) is 11.5 Å². The molecule has 0 aliphatic carbocycles. The van der Waals surface area contributed by atoms with Gasteiger partial charge in [-0.25, -0.2) is 0 Å². The highest BCUT2D eigenvalue weighted by molar-refractivity contribution is 6.05. The molecule has 2 rings (SSSR count). The summed E-state index contributed by atoms with van der Waals surface area (Å²) in [6, 6.07) is 10.6. The zero-order valence-electron chi connectivity index (χ0n) is 16.4. The van der Waals surface area contributed by atoms with E-state index in [1.807, 2.05) is 0 Å². The van der Waals surface area contributed by atoms with Gasteiger partial charge in [-0.1, -0.05) is 18.2 Å². The van der Waals surface area contributed by atoms with Crippen molar-refractivity contribution >= 4 is 23.6 Å². The summed E-state index contributed by atoms with van der Waals surface area (Å²) >= 11 is 0. The maximum absolute atomic E-state index is 12.5. The summed E-state index contributed by atoms with van der Waals surface area (Å²) in [5.74, 6) is -0.957. The number of benzene rings is 2. The molecule has 0 radical (unpaired) electrons. The van der Waals surface area contributed by atoms with Gasteiger partial charge in [-0.2, -0.15) is 0 Å². The number of rotatable bonds is 9. The lowest BCUT2D eigenvalue weighted by atomic mass is 10.1. The van der Waals surface area contributed by atoms with Crippen molar-refractivity contribution in [3.8, 4) is 11.5 Å². The van der Waals surface area contributed by atoms with Crippen molar-refractivity contribution in [3.63, 3.8) is 0 Å². The lowest BCUT2D eigenvalue weighted by Gasteiger charge is -2.12. The highest BCUT2D eigenvalue weighted by Gasteiger charge is 2.21. The van der Waals surface area contributed by atoms with Crippen molar-refractivity contribution in [1.82, 2.24) is 10.6 Å². The molecule has 0 aliphatic heterocycles. The van der Waals surface area contributed by atoms with E-state index in [0.717, 1.165) is 12.1 Å². The maximum Gasteiger partial charge on any atom is 0.280 e. The Morgan fingerprint density at radius 3 is 2.33 bits per heavy atom. The van der Waals surface area contributed by atoms with Crippen LogP contribution in [-0.4, -0.2) is 49.2 Å². The van der Waals surface area contributed by atoms with E-state index in [-0.39, 0.29) is 41.6 Å². The molecule has 0 saturated heterocycles. The quantitative estimate of drug-likeness (QED) is 0.320.